The maximum absolute atomic E-state index is 14.9. The third-order valence-corrected chi connectivity index (χ3v) is 4.52. The van der Waals surface area contributed by atoms with Crippen molar-refractivity contribution < 1.29 is 13.2 Å². The van der Waals surface area contributed by atoms with Crippen LogP contribution in [-0.4, -0.2) is 30.1 Å². The molecule has 4 nitrogen and oxygen atoms in total. The Hall–Kier alpha value is -2.05. The lowest BCUT2D eigenvalue weighted by molar-refractivity contribution is 0.495. The molecule has 3 rings (SSSR count). The van der Waals surface area contributed by atoms with Gasteiger partial charge in [-0.15, -0.1) is 0 Å². The smallest absolute Gasteiger partial charge is 0.186 e. The molecule has 0 amide bonds. The molecular formula is C16H19F3N4. The second-order valence-electron chi connectivity index (χ2n) is 5.93. The Kier molecular flexibility index (Phi) is 4.04. The molecular weight excluding hydrogens is 305 g/mol. The van der Waals surface area contributed by atoms with Gasteiger partial charge in [0.1, 0.15) is 22.8 Å². The highest BCUT2D eigenvalue weighted by Crippen LogP contribution is 2.37. The lowest BCUT2D eigenvalue weighted by Gasteiger charge is -2.28. The summed E-state index contributed by atoms with van der Waals surface area (Å²) in [6, 6.07) is 0.0163. The maximum atomic E-state index is 14.9. The summed E-state index contributed by atoms with van der Waals surface area (Å²) in [6.07, 6.45) is 3.72. The summed E-state index contributed by atoms with van der Waals surface area (Å²) >= 11 is 0. The summed E-state index contributed by atoms with van der Waals surface area (Å²) in [5, 5.41) is 2.42. The van der Waals surface area contributed by atoms with E-state index in [1.165, 1.54) is 11.9 Å². The molecule has 1 aromatic heterocycles. The third kappa shape index (κ3) is 2.48. The number of halogens is 3. The minimum atomic E-state index is -1.19. The van der Waals surface area contributed by atoms with Crippen molar-refractivity contribution in [2.45, 2.75) is 38.6 Å². The summed E-state index contributed by atoms with van der Waals surface area (Å²) in [5.74, 6) is -2.77. The van der Waals surface area contributed by atoms with Gasteiger partial charge in [-0.3, -0.25) is 0 Å². The van der Waals surface area contributed by atoms with E-state index in [0.29, 0.717) is 5.82 Å². The number of aryl methyl sites for hydroxylation is 1. The number of nitrogens with one attached hydrogen (secondary N) is 1. The molecule has 0 aliphatic heterocycles. The van der Waals surface area contributed by atoms with Crippen LogP contribution in [0.4, 0.5) is 24.7 Å². The lowest BCUT2D eigenvalue weighted by atomic mass is 10.1. The van der Waals surface area contributed by atoms with Crippen molar-refractivity contribution in [3.8, 4) is 0 Å². The fourth-order valence-corrected chi connectivity index (χ4v) is 3.33. The number of anilines is 2. The number of rotatable bonds is 3. The highest BCUT2D eigenvalue weighted by molar-refractivity contribution is 5.93. The molecule has 1 aliphatic carbocycles. The number of hydrogen-bond donors (Lipinski definition) is 1. The molecule has 23 heavy (non-hydrogen) atoms. The third-order valence-electron chi connectivity index (χ3n) is 4.52. The number of fused-ring (bicyclic) bond motifs is 1. The average Bonchev–Trinajstić information content (AvgIpc) is 3.06. The average molecular weight is 324 g/mol. The molecule has 7 heteroatoms. The molecule has 1 N–H and O–H groups in total. The van der Waals surface area contributed by atoms with E-state index >= 15 is 0 Å². The number of benzene rings is 1. The van der Waals surface area contributed by atoms with Gasteiger partial charge in [-0.25, -0.2) is 23.1 Å². The lowest BCUT2D eigenvalue weighted by Crippen LogP contribution is -2.31. The van der Waals surface area contributed by atoms with E-state index < -0.39 is 17.5 Å². The Labute approximate surface area is 132 Å². The molecule has 1 fully saturated rings. The molecule has 0 atom stereocenters. The SMILES string of the molecule is CNc1nc(C)nc2c(F)c(N(C)C3CCCC3)c(F)c(F)c12. The molecule has 1 aromatic carbocycles. The topological polar surface area (TPSA) is 41.1 Å². The fourth-order valence-electron chi connectivity index (χ4n) is 3.33. The van der Waals surface area contributed by atoms with Gasteiger partial charge >= 0.3 is 0 Å². The van der Waals surface area contributed by atoms with E-state index in [4.69, 9.17) is 0 Å². The van der Waals surface area contributed by atoms with Gasteiger partial charge in [0.25, 0.3) is 0 Å². The molecule has 0 saturated heterocycles. The van der Waals surface area contributed by atoms with Gasteiger partial charge in [0.05, 0.1) is 5.39 Å². The first-order valence-corrected chi connectivity index (χ1v) is 7.71. The summed E-state index contributed by atoms with van der Waals surface area (Å²) < 4.78 is 44.1. The Morgan fingerprint density at radius 1 is 1.04 bits per heavy atom. The summed E-state index contributed by atoms with van der Waals surface area (Å²) in [7, 11) is 3.13. The van der Waals surface area contributed by atoms with E-state index in [2.05, 4.69) is 15.3 Å². The van der Waals surface area contributed by atoms with Crippen LogP contribution in [0, 0.1) is 24.4 Å². The van der Waals surface area contributed by atoms with Gasteiger partial charge in [0, 0.05) is 20.1 Å². The second kappa shape index (κ2) is 5.86. The van der Waals surface area contributed by atoms with Crippen molar-refractivity contribution in [3.05, 3.63) is 23.3 Å². The van der Waals surface area contributed by atoms with Gasteiger partial charge < -0.3 is 10.2 Å². The Morgan fingerprint density at radius 3 is 2.30 bits per heavy atom. The van der Waals surface area contributed by atoms with Crippen molar-refractivity contribution in [3.63, 3.8) is 0 Å². The van der Waals surface area contributed by atoms with Crippen molar-refractivity contribution in [1.29, 1.82) is 0 Å². The van der Waals surface area contributed by atoms with Gasteiger partial charge in [-0.2, -0.15) is 0 Å². The van der Waals surface area contributed by atoms with E-state index in [-0.39, 0.29) is 28.5 Å². The molecule has 0 spiro atoms. The molecule has 1 saturated carbocycles. The van der Waals surface area contributed by atoms with Gasteiger partial charge in [-0.1, -0.05) is 12.8 Å². The molecule has 0 unspecified atom stereocenters. The van der Waals surface area contributed by atoms with Crippen LogP contribution < -0.4 is 10.2 Å². The monoisotopic (exact) mass is 324 g/mol. The van der Waals surface area contributed by atoms with E-state index in [0.717, 1.165) is 25.7 Å². The molecule has 0 radical (unpaired) electrons. The molecule has 1 heterocycles. The van der Waals surface area contributed by atoms with Crippen LogP contribution in [-0.2, 0) is 0 Å². The summed E-state index contributed by atoms with van der Waals surface area (Å²) in [5.41, 5.74) is -0.539. The van der Waals surface area contributed by atoms with Crippen LogP contribution in [0.5, 0.6) is 0 Å². The Bertz CT molecular complexity index is 757. The number of nitrogens with zero attached hydrogens (tertiary/aromatic N) is 3. The summed E-state index contributed by atoms with van der Waals surface area (Å²) in [6.45, 7) is 1.58. The van der Waals surface area contributed by atoms with Crippen LogP contribution in [0.3, 0.4) is 0 Å². The van der Waals surface area contributed by atoms with Gasteiger partial charge in [0.15, 0.2) is 17.5 Å². The Balaban J connectivity index is 2.27. The van der Waals surface area contributed by atoms with E-state index in [1.54, 1.807) is 14.0 Å². The van der Waals surface area contributed by atoms with Crippen LogP contribution >= 0.6 is 0 Å². The Morgan fingerprint density at radius 2 is 1.70 bits per heavy atom. The first-order valence-electron chi connectivity index (χ1n) is 7.71. The van der Waals surface area contributed by atoms with Crippen molar-refractivity contribution >= 4 is 22.4 Å². The summed E-state index contributed by atoms with van der Waals surface area (Å²) in [4.78, 5) is 9.51. The molecule has 1 aliphatic rings. The first-order chi connectivity index (χ1) is 11.0. The van der Waals surface area contributed by atoms with Gasteiger partial charge in [-0.05, 0) is 19.8 Å². The predicted octanol–water partition coefficient (Wildman–Crippen LogP) is 3.78. The fraction of sp³-hybridized carbons (Fsp3) is 0.500. The number of aromatic nitrogens is 2. The minimum Gasteiger partial charge on any atom is -0.372 e. The van der Waals surface area contributed by atoms with E-state index in [1.807, 2.05) is 0 Å². The zero-order chi connectivity index (χ0) is 16.7. The highest BCUT2D eigenvalue weighted by Gasteiger charge is 2.30. The number of hydrogen-bond acceptors (Lipinski definition) is 4. The molecule has 124 valence electrons. The van der Waals surface area contributed by atoms with Crippen molar-refractivity contribution in [2.24, 2.45) is 0 Å². The largest absolute Gasteiger partial charge is 0.372 e. The van der Waals surface area contributed by atoms with Crippen molar-refractivity contribution in [2.75, 3.05) is 24.3 Å². The standard InChI is InChI=1S/C16H19F3N4/c1-8-21-14-10(16(20-2)22-8)11(17)12(18)15(13(14)19)23(3)9-6-4-5-7-9/h9H,4-7H2,1-3H3,(H,20,21,22). The van der Waals surface area contributed by atoms with E-state index in [9.17, 15) is 13.2 Å². The van der Waals surface area contributed by atoms with Crippen molar-refractivity contribution in [1.82, 2.24) is 9.97 Å². The zero-order valence-corrected chi connectivity index (χ0v) is 13.4. The van der Waals surface area contributed by atoms with Gasteiger partial charge in [0.2, 0.25) is 0 Å². The van der Waals surface area contributed by atoms with Crippen LogP contribution in [0.15, 0.2) is 0 Å². The molecule has 2 aromatic rings. The quantitative estimate of drug-likeness (QED) is 0.873. The van der Waals surface area contributed by atoms with Crippen LogP contribution in [0.1, 0.15) is 31.5 Å². The zero-order valence-electron chi connectivity index (χ0n) is 13.4. The predicted molar refractivity (Wildman–Crippen MR) is 84.4 cm³/mol. The first kappa shape index (κ1) is 15.8. The highest BCUT2D eigenvalue weighted by atomic mass is 19.2. The second-order valence-corrected chi connectivity index (χ2v) is 5.93. The van der Waals surface area contributed by atoms with Crippen LogP contribution in [0.25, 0.3) is 10.9 Å². The maximum Gasteiger partial charge on any atom is 0.186 e. The minimum absolute atomic E-state index is 0.0163. The molecule has 0 bridgehead atoms. The normalized spacial score (nSPS) is 15.4. The van der Waals surface area contributed by atoms with Crippen LogP contribution in [0.2, 0.25) is 0 Å².